The fraction of sp³-hybridized carbons (Fsp3) is 0.688. The maximum Gasteiger partial charge on any atom is 0.183 e. The molecule has 2 nitrogen and oxygen atoms in total. The third kappa shape index (κ3) is 2.59. The van der Waals surface area contributed by atoms with Crippen LogP contribution < -0.4 is 0 Å². The maximum atomic E-state index is 11.5. The summed E-state index contributed by atoms with van der Waals surface area (Å²) < 4.78 is 5.76. The van der Waals surface area contributed by atoms with Crippen LogP contribution in [-0.2, 0) is 9.53 Å². The van der Waals surface area contributed by atoms with Gasteiger partial charge in [0.15, 0.2) is 5.78 Å². The van der Waals surface area contributed by atoms with E-state index in [1.807, 2.05) is 0 Å². The molecule has 2 aliphatic carbocycles. The number of carbonyl (C=O) groups excluding carboxylic acids is 1. The number of fused-ring (bicyclic) bond motifs is 1. The van der Waals surface area contributed by atoms with Gasteiger partial charge in [-0.3, -0.25) is 4.79 Å². The monoisotopic (exact) mass is 248 g/mol. The molecule has 0 heterocycles. The van der Waals surface area contributed by atoms with Crippen molar-refractivity contribution in [3.05, 3.63) is 24.3 Å². The Hall–Kier alpha value is -0.890. The average molecular weight is 248 g/mol. The van der Waals surface area contributed by atoms with Gasteiger partial charge in [0.1, 0.15) is 6.61 Å². The number of hydrogen-bond acceptors (Lipinski definition) is 2. The zero-order valence-corrected chi connectivity index (χ0v) is 11.7. The molecule has 0 aliphatic heterocycles. The summed E-state index contributed by atoms with van der Waals surface area (Å²) in [6.45, 7) is 10.0. The summed E-state index contributed by atoms with van der Waals surface area (Å²) in [5, 5.41) is 0. The van der Waals surface area contributed by atoms with Crippen molar-refractivity contribution in [2.24, 2.45) is 23.7 Å². The molecule has 0 saturated heterocycles. The summed E-state index contributed by atoms with van der Waals surface area (Å²) >= 11 is 0. The van der Waals surface area contributed by atoms with Crippen molar-refractivity contribution in [1.29, 1.82) is 0 Å². The molecule has 2 heteroatoms. The van der Waals surface area contributed by atoms with Crippen molar-refractivity contribution >= 4 is 5.78 Å². The average Bonchev–Trinajstić information content (AvgIpc) is 2.90. The molecule has 0 spiro atoms. The van der Waals surface area contributed by atoms with Gasteiger partial charge in [0.25, 0.3) is 0 Å². The van der Waals surface area contributed by atoms with Crippen molar-refractivity contribution < 1.29 is 9.53 Å². The smallest absolute Gasteiger partial charge is 0.183 e. The van der Waals surface area contributed by atoms with Crippen LogP contribution in [0.2, 0.25) is 0 Å². The highest BCUT2D eigenvalue weighted by molar-refractivity contribution is 5.95. The van der Waals surface area contributed by atoms with Crippen molar-refractivity contribution in [3.63, 3.8) is 0 Å². The Balaban J connectivity index is 1.89. The van der Waals surface area contributed by atoms with E-state index in [0.29, 0.717) is 17.4 Å². The van der Waals surface area contributed by atoms with E-state index in [2.05, 4.69) is 32.6 Å². The third-order valence-electron chi connectivity index (χ3n) is 4.69. The number of rotatable bonds is 5. The standard InChI is InChI=1S/C16H24O2/c1-10(2)16(17)9-18-12(4)15-8-11(3)13-6-5-7-14(13)15/h5,7,11-15H,1,6,8-9H2,2-4H3. The molecule has 2 aliphatic rings. The van der Waals surface area contributed by atoms with E-state index in [4.69, 9.17) is 4.74 Å². The molecule has 18 heavy (non-hydrogen) atoms. The van der Waals surface area contributed by atoms with E-state index in [1.165, 1.54) is 12.8 Å². The molecule has 1 fully saturated rings. The highest BCUT2D eigenvalue weighted by atomic mass is 16.5. The van der Waals surface area contributed by atoms with Crippen LogP contribution in [0.25, 0.3) is 0 Å². The van der Waals surface area contributed by atoms with Gasteiger partial charge in [-0.2, -0.15) is 0 Å². The Kier molecular flexibility index (Phi) is 4.06. The summed E-state index contributed by atoms with van der Waals surface area (Å²) in [4.78, 5) is 11.5. The van der Waals surface area contributed by atoms with E-state index >= 15 is 0 Å². The first kappa shape index (κ1) is 13.5. The number of Topliss-reactive ketones (excluding diaryl/α,β-unsaturated/α-hetero) is 1. The number of ketones is 1. The van der Waals surface area contributed by atoms with Crippen molar-refractivity contribution in [2.45, 2.75) is 39.7 Å². The Labute approximate surface area is 110 Å². The van der Waals surface area contributed by atoms with E-state index in [1.54, 1.807) is 6.92 Å². The predicted octanol–water partition coefficient (Wildman–Crippen LogP) is 3.39. The summed E-state index contributed by atoms with van der Waals surface area (Å²) in [6.07, 6.45) is 7.28. The second-order valence-corrected chi connectivity index (χ2v) is 6.00. The lowest BCUT2D eigenvalue weighted by molar-refractivity contribution is -0.122. The topological polar surface area (TPSA) is 26.3 Å². The molecule has 0 aromatic heterocycles. The highest BCUT2D eigenvalue weighted by Crippen LogP contribution is 2.49. The predicted molar refractivity (Wildman–Crippen MR) is 73.2 cm³/mol. The van der Waals surface area contributed by atoms with Gasteiger partial charge in [-0.05, 0) is 55.9 Å². The van der Waals surface area contributed by atoms with Crippen LogP contribution in [0, 0.1) is 23.7 Å². The molecule has 0 N–H and O–H groups in total. The number of ether oxygens (including phenoxy) is 1. The summed E-state index contributed by atoms with van der Waals surface area (Å²) in [7, 11) is 0. The van der Waals surface area contributed by atoms with Gasteiger partial charge < -0.3 is 4.74 Å². The van der Waals surface area contributed by atoms with Crippen molar-refractivity contribution in [3.8, 4) is 0 Å². The molecule has 5 atom stereocenters. The van der Waals surface area contributed by atoms with Crippen molar-refractivity contribution in [1.82, 2.24) is 0 Å². The van der Waals surface area contributed by atoms with Gasteiger partial charge in [0.2, 0.25) is 0 Å². The zero-order chi connectivity index (χ0) is 13.3. The molecule has 100 valence electrons. The fourth-order valence-electron chi connectivity index (χ4n) is 3.48. The fourth-order valence-corrected chi connectivity index (χ4v) is 3.48. The largest absolute Gasteiger partial charge is 0.370 e. The molecule has 0 bridgehead atoms. The maximum absolute atomic E-state index is 11.5. The molecule has 1 saturated carbocycles. The van der Waals surface area contributed by atoms with E-state index in [9.17, 15) is 4.79 Å². The van der Waals surface area contributed by atoms with Crippen molar-refractivity contribution in [2.75, 3.05) is 6.61 Å². The molecular weight excluding hydrogens is 224 g/mol. The SMILES string of the molecule is C=C(C)C(=O)COC(C)C1CC(C)C2CC=CC21. The molecule has 0 radical (unpaired) electrons. The van der Waals surface area contributed by atoms with Gasteiger partial charge in [0.05, 0.1) is 6.10 Å². The minimum absolute atomic E-state index is 0.0198. The zero-order valence-electron chi connectivity index (χ0n) is 11.7. The first-order chi connectivity index (χ1) is 8.50. The normalized spacial score (nSPS) is 35.5. The first-order valence-corrected chi connectivity index (χ1v) is 6.97. The second kappa shape index (κ2) is 5.40. The second-order valence-electron chi connectivity index (χ2n) is 6.00. The minimum Gasteiger partial charge on any atom is -0.370 e. The van der Waals surface area contributed by atoms with Crippen LogP contribution in [0.15, 0.2) is 24.3 Å². The Morgan fingerprint density at radius 3 is 2.94 bits per heavy atom. The van der Waals surface area contributed by atoms with Crippen LogP contribution in [0.5, 0.6) is 0 Å². The van der Waals surface area contributed by atoms with E-state index in [0.717, 1.165) is 11.8 Å². The lowest BCUT2D eigenvalue weighted by atomic mass is 9.88. The Morgan fingerprint density at radius 1 is 1.56 bits per heavy atom. The molecule has 0 amide bonds. The van der Waals surface area contributed by atoms with Gasteiger partial charge in [-0.15, -0.1) is 0 Å². The number of carbonyl (C=O) groups is 1. The van der Waals surface area contributed by atoms with Gasteiger partial charge >= 0.3 is 0 Å². The summed E-state index contributed by atoms with van der Waals surface area (Å²) in [6, 6.07) is 0. The lowest BCUT2D eigenvalue weighted by Gasteiger charge is -2.24. The quantitative estimate of drug-likeness (QED) is 0.550. The van der Waals surface area contributed by atoms with Crippen LogP contribution in [0.3, 0.4) is 0 Å². The minimum atomic E-state index is 0.0198. The van der Waals surface area contributed by atoms with Crippen LogP contribution in [-0.4, -0.2) is 18.5 Å². The van der Waals surface area contributed by atoms with Crippen LogP contribution in [0.1, 0.15) is 33.6 Å². The molecule has 5 unspecified atom stereocenters. The summed E-state index contributed by atoms with van der Waals surface area (Å²) in [5.74, 6) is 2.83. The van der Waals surface area contributed by atoms with Gasteiger partial charge in [-0.1, -0.05) is 25.7 Å². The Bertz CT molecular complexity index is 369. The number of allylic oxidation sites excluding steroid dienone is 2. The highest BCUT2D eigenvalue weighted by Gasteiger charge is 2.43. The van der Waals surface area contributed by atoms with Crippen LogP contribution in [0.4, 0.5) is 0 Å². The van der Waals surface area contributed by atoms with E-state index < -0.39 is 0 Å². The Morgan fingerprint density at radius 2 is 2.28 bits per heavy atom. The third-order valence-corrected chi connectivity index (χ3v) is 4.69. The molecule has 0 aromatic carbocycles. The van der Waals surface area contributed by atoms with Gasteiger partial charge in [0, 0.05) is 0 Å². The molecule has 2 rings (SSSR count). The summed E-state index contributed by atoms with van der Waals surface area (Å²) in [5.41, 5.74) is 0.584. The first-order valence-electron chi connectivity index (χ1n) is 6.97. The van der Waals surface area contributed by atoms with E-state index in [-0.39, 0.29) is 18.5 Å². The molecule has 0 aromatic rings. The molecular formula is C16H24O2. The number of hydrogen-bond donors (Lipinski definition) is 0. The van der Waals surface area contributed by atoms with Crippen LogP contribution >= 0.6 is 0 Å². The lowest BCUT2D eigenvalue weighted by Crippen LogP contribution is -2.26. The van der Waals surface area contributed by atoms with Gasteiger partial charge in [-0.25, -0.2) is 0 Å².